The zero-order chi connectivity index (χ0) is 15.2. The zero-order valence-corrected chi connectivity index (χ0v) is 12.2. The van der Waals surface area contributed by atoms with Crippen molar-refractivity contribution in [3.05, 3.63) is 59.4 Å². The summed E-state index contributed by atoms with van der Waals surface area (Å²) in [4.78, 5) is 11.8. The molecule has 0 atom stereocenters. The van der Waals surface area contributed by atoms with Gasteiger partial charge in [0.15, 0.2) is 0 Å². The highest BCUT2D eigenvalue weighted by Crippen LogP contribution is 2.16. The molecular weight excluding hydrogens is 269 g/mol. The lowest BCUT2D eigenvalue weighted by molar-refractivity contribution is -0.116. The van der Waals surface area contributed by atoms with E-state index in [1.807, 2.05) is 38.1 Å². The number of ether oxygens (including phenoxy) is 1. The summed E-state index contributed by atoms with van der Waals surface area (Å²) in [5.41, 5.74) is 2.47. The molecular formula is C17H18FNO2. The Hall–Kier alpha value is -2.36. The molecule has 0 aliphatic rings. The molecule has 1 N–H and O–H groups in total. The third-order valence-corrected chi connectivity index (χ3v) is 3.09. The van der Waals surface area contributed by atoms with Crippen LogP contribution < -0.4 is 10.1 Å². The van der Waals surface area contributed by atoms with Gasteiger partial charge in [-0.2, -0.15) is 0 Å². The minimum absolute atomic E-state index is 0.198. The molecule has 3 nitrogen and oxygen atoms in total. The average Bonchev–Trinajstić information content (AvgIpc) is 2.45. The second-order valence-electron chi connectivity index (χ2n) is 4.92. The van der Waals surface area contributed by atoms with E-state index in [2.05, 4.69) is 5.32 Å². The molecule has 0 radical (unpaired) electrons. The van der Waals surface area contributed by atoms with Crippen LogP contribution in [0.25, 0.3) is 0 Å². The fourth-order valence-electron chi connectivity index (χ4n) is 1.84. The van der Waals surface area contributed by atoms with Crippen molar-refractivity contribution < 1.29 is 13.9 Å². The number of carbonyl (C=O) groups excluding carboxylic acids is 1. The number of hydrogen-bond acceptors (Lipinski definition) is 2. The van der Waals surface area contributed by atoms with Gasteiger partial charge in [0.1, 0.15) is 11.6 Å². The number of nitrogens with one attached hydrogen (secondary N) is 1. The van der Waals surface area contributed by atoms with E-state index in [1.165, 1.54) is 12.1 Å². The highest BCUT2D eigenvalue weighted by atomic mass is 19.1. The second kappa shape index (κ2) is 6.88. The topological polar surface area (TPSA) is 38.3 Å². The molecule has 0 spiro atoms. The highest BCUT2D eigenvalue weighted by molar-refractivity contribution is 5.91. The first kappa shape index (κ1) is 15.0. The predicted molar refractivity (Wildman–Crippen MR) is 81.1 cm³/mol. The van der Waals surface area contributed by atoms with Crippen LogP contribution in [-0.2, 0) is 4.79 Å². The van der Waals surface area contributed by atoms with Gasteiger partial charge in [0.25, 0.3) is 0 Å². The number of benzene rings is 2. The predicted octanol–water partition coefficient (Wildman–Crippen LogP) is 3.85. The molecule has 0 fully saturated rings. The molecule has 0 aliphatic heterocycles. The van der Waals surface area contributed by atoms with Crippen LogP contribution >= 0.6 is 0 Å². The quantitative estimate of drug-likeness (QED) is 0.907. The molecule has 2 rings (SSSR count). The number of halogens is 1. The minimum atomic E-state index is -0.369. The van der Waals surface area contributed by atoms with Crippen LogP contribution in [0.1, 0.15) is 17.5 Å². The van der Waals surface area contributed by atoms with E-state index in [0.29, 0.717) is 5.69 Å². The van der Waals surface area contributed by atoms with Crippen molar-refractivity contribution in [3.8, 4) is 5.75 Å². The Morgan fingerprint density at radius 2 is 1.86 bits per heavy atom. The molecule has 0 aliphatic carbocycles. The summed E-state index contributed by atoms with van der Waals surface area (Å²) >= 11 is 0. The Morgan fingerprint density at radius 1 is 1.14 bits per heavy atom. The SMILES string of the molecule is Cc1ccc(OCCC(=O)Nc2cc(F)ccc2C)cc1. The van der Waals surface area contributed by atoms with Crippen LogP contribution in [0.4, 0.5) is 10.1 Å². The molecule has 2 aromatic rings. The summed E-state index contributed by atoms with van der Waals surface area (Å²) in [5, 5.41) is 2.69. The van der Waals surface area contributed by atoms with Crippen LogP contribution in [0.2, 0.25) is 0 Å². The third kappa shape index (κ3) is 4.60. The van der Waals surface area contributed by atoms with Crippen LogP contribution in [0.3, 0.4) is 0 Å². The van der Waals surface area contributed by atoms with Crippen LogP contribution in [0.15, 0.2) is 42.5 Å². The van der Waals surface area contributed by atoms with Gasteiger partial charge in [-0.05, 0) is 43.7 Å². The van der Waals surface area contributed by atoms with E-state index in [0.717, 1.165) is 16.9 Å². The van der Waals surface area contributed by atoms with E-state index >= 15 is 0 Å². The Balaban J connectivity index is 1.82. The maximum atomic E-state index is 13.1. The van der Waals surface area contributed by atoms with Crippen LogP contribution in [0.5, 0.6) is 5.75 Å². The number of rotatable bonds is 5. The minimum Gasteiger partial charge on any atom is -0.493 e. The molecule has 0 unspecified atom stereocenters. The summed E-state index contributed by atoms with van der Waals surface area (Å²) in [5.74, 6) is 0.165. The normalized spacial score (nSPS) is 10.2. The van der Waals surface area contributed by atoms with E-state index in [1.54, 1.807) is 6.07 Å². The van der Waals surface area contributed by atoms with Crippen molar-refractivity contribution in [2.45, 2.75) is 20.3 Å². The van der Waals surface area contributed by atoms with E-state index in [9.17, 15) is 9.18 Å². The maximum absolute atomic E-state index is 13.1. The summed E-state index contributed by atoms with van der Waals surface area (Å²) in [6.45, 7) is 4.10. The van der Waals surface area contributed by atoms with Gasteiger partial charge in [-0.25, -0.2) is 4.39 Å². The molecule has 1 amide bonds. The first-order chi connectivity index (χ1) is 10.0. The smallest absolute Gasteiger partial charge is 0.227 e. The first-order valence-corrected chi connectivity index (χ1v) is 6.80. The van der Waals surface area contributed by atoms with Crippen molar-refractivity contribution in [2.24, 2.45) is 0 Å². The van der Waals surface area contributed by atoms with Gasteiger partial charge in [0.2, 0.25) is 5.91 Å². The lowest BCUT2D eigenvalue weighted by Gasteiger charge is -2.09. The van der Waals surface area contributed by atoms with Crippen LogP contribution in [0, 0.1) is 19.7 Å². The highest BCUT2D eigenvalue weighted by Gasteiger charge is 2.06. The standard InChI is InChI=1S/C17H18FNO2/c1-12-3-7-15(8-4-12)21-10-9-17(20)19-16-11-14(18)6-5-13(16)2/h3-8,11H,9-10H2,1-2H3,(H,19,20). The average molecular weight is 287 g/mol. The maximum Gasteiger partial charge on any atom is 0.227 e. The fraction of sp³-hybridized carbons (Fsp3) is 0.235. The van der Waals surface area contributed by atoms with Crippen molar-refractivity contribution in [3.63, 3.8) is 0 Å². The number of amides is 1. The Bertz CT molecular complexity index is 623. The lowest BCUT2D eigenvalue weighted by atomic mass is 10.2. The van der Waals surface area contributed by atoms with Crippen molar-refractivity contribution in [1.82, 2.24) is 0 Å². The van der Waals surface area contributed by atoms with Gasteiger partial charge in [-0.1, -0.05) is 23.8 Å². The van der Waals surface area contributed by atoms with Gasteiger partial charge < -0.3 is 10.1 Å². The monoisotopic (exact) mass is 287 g/mol. The molecule has 2 aromatic carbocycles. The molecule has 110 valence electrons. The molecule has 21 heavy (non-hydrogen) atoms. The molecule has 0 aromatic heterocycles. The number of hydrogen-bond donors (Lipinski definition) is 1. The van der Waals surface area contributed by atoms with Gasteiger partial charge in [0, 0.05) is 5.69 Å². The summed E-state index contributed by atoms with van der Waals surface area (Å²) < 4.78 is 18.6. The Labute approximate surface area is 123 Å². The summed E-state index contributed by atoms with van der Waals surface area (Å²) in [7, 11) is 0. The van der Waals surface area contributed by atoms with Gasteiger partial charge >= 0.3 is 0 Å². The fourth-order valence-corrected chi connectivity index (χ4v) is 1.84. The van der Waals surface area contributed by atoms with Crippen molar-refractivity contribution in [2.75, 3.05) is 11.9 Å². The van der Waals surface area contributed by atoms with E-state index in [4.69, 9.17) is 4.74 Å². The van der Waals surface area contributed by atoms with E-state index < -0.39 is 0 Å². The molecule has 0 saturated carbocycles. The zero-order valence-electron chi connectivity index (χ0n) is 12.2. The second-order valence-corrected chi connectivity index (χ2v) is 4.92. The number of anilines is 1. The summed E-state index contributed by atoms with van der Waals surface area (Å²) in [6.07, 6.45) is 0.212. The lowest BCUT2D eigenvalue weighted by Crippen LogP contribution is -2.16. The van der Waals surface area contributed by atoms with Crippen molar-refractivity contribution >= 4 is 11.6 Å². The first-order valence-electron chi connectivity index (χ1n) is 6.80. The van der Waals surface area contributed by atoms with Gasteiger partial charge in [-0.15, -0.1) is 0 Å². The molecule has 0 saturated heterocycles. The molecule has 0 heterocycles. The Morgan fingerprint density at radius 3 is 2.57 bits per heavy atom. The van der Waals surface area contributed by atoms with Crippen LogP contribution in [-0.4, -0.2) is 12.5 Å². The summed E-state index contributed by atoms with van der Waals surface area (Å²) in [6, 6.07) is 11.9. The number of carbonyl (C=O) groups is 1. The molecule has 0 bridgehead atoms. The third-order valence-electron chi connectivity index (χ3n) is 3.09. The van der Waals surface area contributed by atoms with Gasteiger partial charge in [-0.3, -0.25) is 4.79 Å². The molecule has 4 heteroatoms. The largest absolute Gasteiger partial charge is 0.493 e. The van der Waals surface area contributed by atoms with Gasteiger partial charge in [0.05, 0.1) is 13.0 Å². The number of aryl methyl sites for hydroxylation is 2. The van der Waals surface area contributed by atoms with Crippen molar-refractivity contribution in [1.29, 1.82) is 0 Å². The Kier molecular flexibility index (Phi) is 4.93. The van der Waals surface area contributed by atoms with E-state index in [-0.39, 0.29) is 24.8 Å².